The average Bonchev–Trinajstić information content (AvgIpc) is 2.74. The Hall–Kier alpha value is -1.42. The van der Waals surface area contributed by atoms with Gasteiger partial charge in [0.1, 0.15) is 11.5 Å². The number of aromatic nitrogens is 1. The lowest BCUT2D eigenvalue weighted by atomic mass is 10.2. The van der Waals surface area contributed by atoms with Gasteiger partial charge in [0.2, 0.25) is 0 Å². The largest absolute Gasteiger partial charge is 0.348 e. The van der Waals surface area contributed by atoms with Gasteiger partial charge in [-0.15, -0.1) is 0 Å². The summed E-state index contributed by atoms with van der Waals surface area (Å²) in [7, 11) is 0. The summed E-state index contributed by atoms with van der Waals surface area (Å²) in [4.78, 5) is 11.3. The second-order valence-electron chi connectivity index (χ2n) is 3.93. The molecular formula is C11H14N4. The van der Waals surface area contributed by atoms with Crippen LogP contribution >= 0.6 is 0 Å². The van der Waals surface area contributed by atoms with Gasteiger partial charge in [0, 0.05) is 25.8 Å². The van der Waals surface area contributed by atoms with Crippen molar-refractivity contribution >= 4 is 5.84 Å². The first kappa shape index (κ1) is 8.85. The number of rotatable bonds is 1. The molecular weight excluding hydrogens is 188 g/mol. The van der Waals surface area contributed by atoms with Crippen LogP contribution in [0.15, 0.2) is 29.4 Å². The minimum atomic E-state index is 0.538. The molecule has 15 heavy (non-hydrogen) atoms. The zero-order valence-electron chi connectivity index (χ0n) is 8.56. The van der Waals surface area contributed by atoms with Crippen molar-refractivity contribution in [2.45, 2.75) is 6.04 Å². The highest BCUT2D eigenvalue weighted by molar-refractivity contribution is 5.98. The first-order chi connectivity index (χ1) is 7.45. The fourth-order valence-electron chi connectivity index (χ4n) is 2.21. The Morgan fingerprint density at radius 1 is 1.40 bits per heavy atom. The molecule has 1 atom stereocenters. The summed E-state index contributed by atoms with van der Waals surface area (Å²) in [6.45, 7) is 4.03. The molecule has 1 unspecified atom stereocenters. The minimum Gasteiger partial charge on any atom is -0.348 e. The molecule has 1 aromatic heterocycles. The number of fused-ring (bicyclic) bond motifs is 1. The van der Waals surface area contributed by atoms with E-state index in [0.29, 0.717) is 6.04 Å². The summed E-state index contributed by atoms with van der Waals surface area (Å²) >= 11 is 0. The van der Waals surface area contributed by atoms with E-state index in [1.165, 1.54) is 0 Å². The van der Waals surface area contributed by atoms with Crippen molar-refractivity contribution in [3.8, 4) is 0 Å². The Morgan fingerprint density at radius 3 is 3.27 bits per heavy atom. The fraction of sp³-hybridized carbons (Fsp3) is 0.455. The topological polar surface area (TPSA) is 40.5 Å². The molecule has 0 spiro atoms. The molecule has 1 saturated heterocycles. The van der Waals surface area contributed by atoms with Crippen LogP contribution in [-0.4, -0.2) is 47.9 Å². The van der Waals surface area contributed by atoms with E-state index in [1.54, 1.807) is 0 Å². The van der Waals surface area contributed by atoms with Gasteiger partial charge in [-0.25, -0.2) is 0 Å². The van der Waals surface area contributed by atoms with Crippen LogP contribution in [0.25, 0.3) is 0 Å². The average molecular weight is 202 g/mol. The van der Waals surface area contributed by atoms with E-state index in [0.717, 1.165) is 37.7 Å². The molecule has 0 aromatic carbocycles. The van der Waals surface area contributed by atoms with E-state index >= 15 is 0 Å². The van der Waals surface area contributed by atoms with Gasteiger partial charge in [0.25, 0.3) is 0 Å². The van der Waals surface area contributed by atoms with Crippen molar-refractivity contribution in [2.24, 2.45) is 4.99 Å². The first-order valence-corrected chi connectivity index (χ1v) is 5.38. The molecule has 0 saturated carbocycles. The second-order valence-corrected chi connectivity index (χ2v) is 3.93. The SMILES string of the molecule is c1ccc(C2=NCC3CNCCN23)nc1. The molecule has 4 nitrogen and oxygen atoms in total. The van der Waals surface area contributed by atoms with Crippen molar-refractivity contribution in [1.82, 2.24) is 15.2 Å². The van der Waals surface area contributed by atoms with Gasteiger partial charge in [-0.3, -0.25) is 9.98 Å². The molecule has 3 heterocycles. The number of piperazine rings is 1. The maximum Gasteiger partial charge on any atom is 0.150 e. The number of nitrogens with zero attached hydrogens (tertiary/aromatic N) is 3. The molecule has 1 fully saturated rings. The summed E-state index contributed by atoms with van der Waals surface area (Å²) in [6, 6.07) is 6.52. The lowest BCUT2D eigenvalue weighted by molar-refractivity contribution is 0.285. The predicted octanol–water partition coefficient (Wildman–Crippen LogP) is 0.116. The number of hydrogen-bond acceptors (Lipinski definition) is 4. The van der Waals surface area contributed by atoms with Crippen LogP contribution in [0.5, 0.6) is 0 Å². The highest BCUT2D eigenvalue weighted by Gasteiger charge is 2.30. The Bertz CT molecular complexity index is 373. The monoisotopic (exact) mass is 202 g/mol. The molecule has 2 aliphatic rings. The van der Waals surface area contributed by atoms with Crippen LogP contribution in [-0.2, 0) is 0 Å². The van der Waals surface area contributed by atoms with Crippen molar-refractivity contribution in [1.29, 1.82) is 0 Å². The second kappa shape index (κ2) is 3.62. The van der Waals surface area contributed by atoms with Crippen molar-refractivity contribution in [2.75, 3.05) is 26.2 Å². The normalized spacial score (nSPS) is 24.9. The maximum atomic E-state index is 4.59. The van der Waals surface area contributed by atoms with Gasteiger partial charge in [-0.2, -0.15) is 0 Å². The predicted molar refractivity (Wildman–Crippen MR) is 59.0 cm³/mol. The van der Waals surface area contributed by atoms with Crippen molar-refractivity contribution in [3.63, 3.8) is 0 Å². The lowest BCUT2D eigenvalue weighted by Gasteiger charge is -2.32. The Kier molecular flexibility index (Phi) is 2.14. The molecule has 0 radical (unpaired) electrons. The van der Waals surface area contributed by atoms with Crippen molar-refractivity contribution < 1.29 is 0 Å². The van der Waals surface area contributed by atoms with E-state index in [9.17, 15) is 0 Å². The van der Waals surface area contributed by atoms with Crippen LogP contribution in [0.3, 0.4) is 0 Å². The Labute approximate surface area is 89.0 Å². The smallest absolute Gasteiger partial charge is 0.150 e. The molecule has 0 aliphatic carbocycles. The number of pyridine rings is 1. The van der Waals surface area contributed by atoms with E-state index < -0.39 is 0 Å². The zero-order valence-corrected chi connectivity index (χ0v) is 8.56. The van der Waals surface area contributed by atoms with Crippen LogP contribution in [0.2, 0.25) is 0 Å². The van der Waals surface area contributed by atoms with Crippen LogP contribution < -0.4 is 5.32 Å². The maximum absolute atomic E-state index is 4.59. The van der Waals surface area contributed by atoms with E-state index in [1.807, 2.05) is 24.4 Å². The van der Waals surface area contributed by atoms with Gasteiger partial charge in [-0.05, 0) is 12.1 Å². The lowest BCUT2D eigenvalue weighted by Crippen LogP contribution is -2.51. The summed E-state index contributed by atoms with van der Waals surface area (Å²) in [5.41, 5.74) is 1.00. The summed E-state index contributed by atoms with van der Waals surface area (Å²) in [6.07, 6.45) is 1.83. The molecule has 1 aromatic rings. The molecule has 2 aliphatic heterocycles. The van der Waals surface area contributed by atoms with Crippen molar-refractivity contribution in [3.05, 3.63) is 30.1 Å². The number of hydrogen-bond donors (Lipinski definition) is 1. The van der Waals surface area contributed by atoms with Gasteiger partial charge < -0.3 is 10.2 Å². The molecule has 1 N–H and O–H groups in total. The molecule has 0 amide bonds. The summed E-state index contributed by atoms with van der Waals surface area (Å²) in [5.74, 6) is 1.07. The third-order valence-electron chi connectivity index (χ3n) is 2.97. The zero-order chi connectivity index (χ0) is 10.1. The summed E-state index contributed by atoms with van der Waals surface area (Å²) < 4.78 is 0. The van der Waals surface area contributed by atoms with Gasteiger partial charge in [0.15, 0.2) is 0 Å². The molecule has 4 heteroatoms. The molecule has 78 valence electrons. The number of aliphatic imine (C=N–C) groups is 1. The van der Waals surface area contributed by atoms with E-state index in [-0.39, 0.29) is 0 Å². The highest BCUT2D eigenvalue weighted by atomic mass is 15.3. The fourth-order valence-corrected chi connectivity index (χ4v) is 2.21. The van der Waals surface area contributed by atoms with E-state index in [4.69, 9.17) is 0 Å². The van der Waals surface area contributed by atoms with Gasteiger partial charge >= 0.3 is 0 Å². The molecule has 3 rings (SSSR count). The Balaban J connectivity index is 1.88. The number of nitrogens with one attached hydrogen (secondary N) is 1. The van der Waals surface area contributed by atoms with Gasteiger partial charge in [-0.1, -0.05) is 6.07 Å². The number of amidine groups is 1. The van der Waals surface area contributed by atoms with Crippen LogP contribution in [0, 0.1) is 0 Å². The van der Waals surface area contributed by atoms with E-state index in [2.05, 4.69) is 20.2 Å². The van der Waals surface area contributed by atoms with Crippen LogP contribution in [0.1, 0.15) is 5.69 Å². The molecule has 0 bridgehead atoms. The highest BCUT2D eigenvalue weighted by Crippen LogP contribution is 2.16. The third kappa shape index (κ3) is 1.51. The Morgan fingerprint density at radius 2 is 2.40 bits per heavy atom. The quantitative estimate of drug-likeness (QED) is 0.703. The summed E-state index contributed by atoms with van der Waals surface area (Å²) in [5, 5.41) is 3.39. The van der Waals surface area contributed by atoms with Gasteiger partial charge in [0.05, 0.1) is 12.6 Å². The third-order valence-corrected chi connectivity index (χ3v) is 2.97. The standard InChI is InChI=1S/C11H14N4/c1-2-4-13-10(3-1)11-14-8-9-7-12-5-6-15(9)11/h1-4,9,12H,5-8H2. The van der Waals surface area contributed by atoms with Crippen LogP contribution in [0.4, 0.5) is 0 Å². The minimum absolute atomic E-state index is 0.538. The first-order valence-electron chi connectivity index (χ1n) is 5.38.